The van der Waals surface area contributed by atoms with E-state index in [4.69, 9.17) is 9.47 Å². The third-order valence-electron chi connectivity index (χ3n) is 7.94. The number of ether oxygens (including phenoxy) is 2. The second kappa shape index (κ2) is 34.9. The van der Waals surface area contributed by atoms with E-state index in [9.17, 15) is 14.7 Å². The summed E-state index contributed by atoms with van der Waals surface area (Å²) in [5.41, 5.74) is 0. The van der Waals surface area contributed by atoms with Crippen LogP contribution in [0.1, 0.15) is 187 Å². The van der Waals surface area contributed by atoms with Crippen molar-refractivity contribution < 1.29 is 24.2 Å². The molecule has 5 heteroatoms. The lowest BCUT2D eigenvalue weighted by molar-refractivity contribution is -0.152. The topological polar surface area (TPSA) is 72.8 Å². The normalized spacial score (nSPS) is 12.3. The van der Waals surface area contributed by atoms with E-state index in [2.05, 4.69) is 38.2 Å². The van der Waals surface area contributed by atoms with Gasteiger partial charge in [0.1, 0.15) is 19.3 Å². The summed E-state index contributed by atoms with van der Waals surface area (Å²) < 4.78 is 10.3. The maximum atomic E-state index is 11.9. The molecule has 0 aliphatic rings. The molecule has 0 bridgehead atoms. The van der Waals surface area contributed by atoms with Gasteiger partial charge < -0.3 is 14.6 Å². The molecule has 0 saturated heterocycles. The van der Waals surface area contributed by atoms with Crippen LogP contribution >= 0.6 is 0 Å². The first-order valence-corrected chi connectivity index (χ1v) is 18.4. The second-order valence-corrected chi connectivity index (χ2v) is 12.3. The van der Waals surface area contributed by atoms with Gasteiger partial charge in [-0.2, -0.15) is 0 Å². The van der Waals surface area contributed by atoms with Gasteiger partial charge in [-0.05, 0) is 44.9 Å². The van der Waals surface area contributed by atoms with Crippen molar-refractivity contribution >= 4 is 11.9 Å². The largest absolute Gasteiger partial charge is 0.463 e. The highest BCUT2D eigenvalue weighted by atomic mass is 16.6. The minimum atomic E-state index is -0.964. The van der Waals surface area contributed by atoms with Crippen LogP contribution in [0.15, 0.2) is 24.3 Å². The molecule has 43 heavy (non-hydrogen) atoms. The Bertz CT molecular complexity index is 657. The highest BCUT2D eigenvalue weighted by Gasteiger charge is 2.12. The van der Waals surface area contributed by atoms with Crippen LogP contribution in [0.2, 0.25) is 0 Å². The quantitative estimate of drug-likeness (QED) is 0.0457. The summed E-state index contributed by atoms with van der Waals surface area (Å²) >= 11 is 0. The van der Waals surface area contributed by atoms with Crippen LogP contribution in [0, 0.1) is 0 Å². The molecular formula is C38H70O5. The van der Waals surface area contributed by atoms with E-state index in [0.29, 0.717) is 12.8 Å². The number of unbranched alkanes of at least 4 members (excludes halogenated alkanes) is 21. The van der Waals surface area contributed by atoms with Gasteiger partial charge in [0.2, 0.25) is 0 Å². The molecule has 0 rings (SSSR count). The minimum Gasteiger partial charge on any atom is -0.463 e. The monoisotopic (exact) mass is 607 g/mol. The first kappa shape index (κ1) is 41.4. The molecule has 0 aliphatic heterocycles. The highest BCUT2D eigenvalue weighted by molar-refractivity contribution is 5.69. The number of hydrogen-bond donors (Lipinski definition) is 1. The van der Waals surface area contributed by atoms with E-state index >= 15 is 0 Å². The highest BCUT2D eigenvalue weighted by Crippen LogP contribution is 2.13. The number of hydrogen-bond acceptors (Lipinski definition) is 5. The van der Waals surface area contributed by atoms with Crippen molar-refractivity contribution in [2.45, 2.75) is 193 Å². The number of carbonyl (C=O) groups excluding carboxylic acids is 2. The third-order valence-corrected chi connectivity index (χ3v) is 7.94. The first-order chi connectivity index (χ1) is 21.1. The van der Waals surface area contributed by atoms with Gasteiger partial charge >= 0.3 is 11.9 Å². The lowest BCUT2D eigenvalue weighted by atomic mass is 10.0. The molecule has 0 saturated carbocycles. The van der Waals surface area contributed by atoms with E-state index in [0.717, 1.165) is 51.4 Å². The average molecular weight is 607 g/mol. The third kappa shape index (κ3) is 34.7. The number of aliphatic hydroxyl groups is 1. The molecule has 0 radical (unpaired) electrons. The van der Waals surface area contributed by atoms with Crippen LogP contribution in [-0.4, -0.2) is 36.4 Å². The van der Waals surface area contributed by atoms with E-state index < -0.39 is 6.10 Å². The van der Waals surface area contributed by atoms with Crippen molar-refractivity contribution in [1.82, 2.24) is 0 Å². The van der Waals surface area contributed by atoms with Gasteiger partial charge in [0.05, 0.1) is 0 Å². The predicted molar refractivity (Wildman–Crippen MR) is 182 cm³/mol. The van der Waals surface area contributed by atoms with Crippen LogP contribution in [-0.2, 0) is 19.1 Å². The summed E-state index contributed by atoms with van der Waals surface area (Å²) in [6, 6.07) is 0. The Morgan fingerprint density at radius 3 is 1.21 bits per heavy atom. The predicted octanol–water partition coefficient (Wildman–Crippen LogP) is 11.1. The van der Waals surface area contributed by atoms with E-state index in [1.807, 2.05) is 0 Å². The van der Waals surface area contributed by atoms with Crippen molar-refractivity contribution in [2.24, 2.45) is 0 Å². The second-order valence-electron chi connectivity index (χ2n) is 12.3. The Balaban J connectivity index is 3.45. The van der Waals surface area contributed by atoms with Gasteiger partial charge in [-0.1, -0.05) is 154 Å². The van der Waals surface area contributed by atoms with E-state index in [1.165, 1.54) is 109 Å². The molecule has 5 nitrogen and oxygen atoms in total. The van der Waals surface area contributed by atoms with Crippen LogP contribution < -0.4 is 0 Å². The molecule has 0 aromatic carbocycles. The average Bonchev–Trinajstić information content (AvgIpc) is 3.01. The molecule has 0 aromatic heterocycles. The van der Waals surface area contributed by atoms with Gasteiger partial charge in [0, 0.05) is 12.8 Å². The number of aliphatic hydroxyl groups excluding tert-OH is 1. The molecule has 0 fully saturated rings. The van der Waals surface area contributed by atoms with Crippen molar-refractivity contribution in [1.29, 1.82) is 0 Å². The Labute approximate surface area is 266 Å². The number of esters is 2. The SMILES string of the molecule is CCCCCC/C=C\C/C=C\CCCCCCCC(=O)OC[C@H](O)COC(=O)CCCCCCCCCCCCCCC. The fourth-order valence-electron chi connectivity index (χ4n) is 5.12. The maximum absolute atomic E-state index is 11.9. The molecule has 0 heterocycles. The molecule has 1 atom stereocenters. The Kier molecular flexibility index (Phi) is 33.6. The van der Waals surface area contributed by atoms with Gasteiger partial charge in [-0.3, -0.25) is 9.59 Å². The fraction of sp³-hybridized carbons (Fsp3) is 0.842. The zero-order chi connectivity index (χ0) is 31.5. The van der Waals surface area contributed by atoms with Crippen LogP contribution in [0.3, 0.4) is 0 Å². The van der Waals surface area contributed by atoms with Crippen molar-refractivity contribution in [2.75, 3.05) is 13.2 Å². The van der Waals surface area contributed by atoms with Gasteiger partial charge in [-0.25, -0.2) is 0 Å². The van der Waals surface area contributed by atoms with Crippen LogP contribution in [0.5, 0.6) is 0 Å². The summed E-state index contributed by atoms with van der Waals surface area (Å²) in [4.78, 5) is 23.8. The molecule has 0 amide bonds. The summed E-state index contributed by atoms with van der Waals surface area (Å²) in [5.74, 6) is -0.576. The van der Waals surface area contributed by atoms with Crippen LogP contribution in [0.25, 0.3) is 0 Å². The van der Waals surface area contributed by atoms with Crippen molar-refractivity contribution in [3.63, 3.8) is 0 Å². The van der Waals surface area contributed by atoms with Crippen LogP contribution in [0.4, 0.5) is 0 Å². The smallest absolute Gasteiger partial charge is 0.305 e. The number of carbonyl (C=O) groups is 2. The molecule has 1 N–H and O–H groups in total. The lowest BCUT2D eigenvalue weighted by Gasteiger charge is -2.12. The molecular weight excluding hydrogens is 536 g/mol. The standard InChI is InChI=1S/C38H70O5/c1-3-5-7-9-11-13-15-17-18-19-21-23-25-27-29-31-33-38(41)43-35-36(39)34-42-37(40)32-30-28-26-24-22-20-16-14-12-10-8-6-4-2/h13,15,18-19,36,39H,3-12,14,16-17,20-35H2,1-2H3/b15-13-,19-18-/t36-/m1/s1. The Hall–Kier alpha value is -1.62. The maximum Gasteiger partial charge on any atom is 0.305 e. The summed E-state index contributed by atoms with van der Waals surface area (Å²) in [5, 5.41) is 9.98. The number of rotatable bonds is 33. The zero-order valence-corrected chi connectivity index (χ0v) is 28.5. The molecule has 0 unspecified atom stereocenters. The molecule has 252 valence electrons. The number of allylic oxidation sites excluding steroid dienone is 4. The summed E-state index contributed by atoms with van der Waals surface area (Å²) in [7, 11) is 0. The first-order valence-electron chi connectivity index (χ1n) is 18.4. The van der Waals surface area contributed by atoms with Gasteiger partial charge in [0.25, 0.3) is 0 Å². The van der Waals surface area contributed by atoms with Gasteiger partial charge in [-0.15, -0.1) is 0 Å². The zero-order valence-electron chi connectivity index (χ0n) is 28.5. The minimum absolute atomic E-state index is 0.117. The molecule has 0 aromatic rings. The molecule has 0 spiro atoms. The summed E-state index contributed by atoms with van der Waals surface area (Å²) in [6.45, 7) is 4.27. The lowest BCUT2D eigenvalue weighted by Crippen LogP contribution is -2.25. The van der Waals surface area contributed by atoms with E-state index in [-0.39, 0.29) is 25.2 Å². The van der Waals surface area contributed by atoms with Crippen molar-refractivity contribution in [3.8, 4) is 0 Å². The van der Waals surface area contributed by atoms with Crippen molar-refractivity contribution in [3.05, 3.63) is 24.3 Å². The summed E-state index contributed by atoms with van der Waals surface area (Å²) in [6.07, 6.45) is 39.4. The molecule has 0 aliphatic carbocycles. The van der Waals surface area contributed by atoms with Gasteiger partial charge in [0.15, 0.2) is 0 Å². The Morgan fingerprint density at radius 1 is 0.488 bits per heavy atom. The Morgan fingerprint density at radius 2 is 0.814 bits per heavy atom. The fourth-order valence-corrected chi connectivity index (χ4v) is 5.12. The van der Waals surface area contributed by atoms with E-state index in [1.54, 1.807) is 0 Å².